The highest BCUT2D eigenvalue weighted by Crippen LogP contribution is 2.24. The van der Waals surface area contributed by atoms with Crippen molar-refractivity contribution in [1.29, 1.82) is 0 Å². The maximum atomic E-state index is 9.18. The van der Waals surface area contributed by atoms with Crippen molar-refractivity contribution in [2.75, 3.05) is 33.5 Å². The van der Waals surface area contributed by atoms with Crippen LogP contribution in [0.2, 0.25) is 0 Å². The van der Waals surface area contributed by atoms with E-state index >= 15 is 0 Å². The van der Waals surface area contributed by atoms with Crippen LogP contribution in [-0.2, 0) is 11.3 Å². The molecule has 1 aromatic carbocycles. The zero-order valence-corrected chi connectivity index (χ0v) is 9.89. The lowest BCUT2D eigenvalue weighted by Crippen LogP contribution is -2.10. The fourth-order valence-electron chi connectivity index (χ4n) is 1.32. The van der Waals surface area contributed by atoms with E-state index in [1.54, 1.807) is 25.3 Å². The second-order valence-corrected chi connectivity index (χ2v) is 3.32. The van der Waals surface area contributed by atoms with E-state index in [-0.39, 0.29) is 13.2 Å². The van der Waals surface area contributed by atoms with Gasteiger partial charge in [-0.25, -0.2) is 0 Å². The summed E-state index contributed by atoms with van der Waals surface area (Å²) in [6.45, 7) is 0.976. The van der Waals surface area contributed by atoms with Crippen molar-refractivity contribution in [2.45, 2.75) is 6.61 Å². The molecule has 0 saturated carbocycles. The Hall–Kier alpha value is -1.30. The average molecular weight is 242 g/mol. The zero-order chi connectivity index (χ0) is 12.5. The van der Waals surface area contributed by atoms with E-state index in [9.17, 15) is 5.11 Å². The fourth-order valence-corrected chi connectivity index (χ4v) is 1.32. The third kappa shape index (κ3) is 4.60. The summed E-state index contributed by atoms with van der Waals surface area (Å²) in [5.41, 5.74) is 0.673. The lowest BCUT2D eigenvalue weighted by Gasteiger charge is -2.11. The molecule has 0 aliphatic rings. The van der Waals surface area contributed by atoms with Crippen LogP contribution in [0.4, 0.5) is 0 Å². The van der Waals surface area contributed by atoms with E-state index in [0.29, 0.717) is 36.9 Å². The molecule has 0 saturated heterocycles. The molecule has 0 heterocycles. The Balaban J connectivity index is 2.46. The number of aliphatic hydroxyl groups is 2. The molecule has 0 atom stereocenters. The summed E-state index contributed by atoms with van der Waals surface area (Å²) < 4.78 is 15.6. The van der Waals surface area contributed by atoms with Crippen molar-refractivity contribution >= 4 is 0 Å². The number of benzene rings is 1. The van der Waals surface area contributed by atoms with Crippen LogP contribution in [0, 0.1) is 0 Å². The average Bonchev–Trinajstić information content (AvgIpc) is 2.38. The second-order valence-electron chi connectivity index (χ2n) is 3.32. The fraction of sp³-hybridized carbons (Fsp3) is 0.500. The molecule has 5 nitrogen and oxygen atoms in total. The predicted molar refractivity (Wildman–Crippen MR) is 62.3 cm³/mol. The largest absolute Gasteiger partial charge is 0.497 e. The molecular weight excluding hydrogens is 224 g/mol. The molecule has 5 heteroatoms. The molecule has 0 fully saturated rings. The molecule has 1 rings (SSSR count). The lowest BCUT2D eigenvalue weighted by molar-refractivity contribution is 0.0700. The topological polar surface area (TPSA) is 68.2 Å². The summed E-state index contributed by atoms with van der Waals surface area (Å²) in [6.07, 6.45) is 0. The number of rotatable bonds is 8. The Morgan fingerprint density at radius 3 is 2.59 bits per heavy atom. The van der Waals surface area contributed by atoms with E-state index in [1.807, 2.05) is 0 Å². The van der Waals surface area contributed by atoms with Crippen molar-refractivity contribution in [2.24, 2.45) is 0 Å². The van der Waals surface area contributed by atoms with Gasteiger partial charge < -0.3 is 24.4 Å². The molecule has 0 aliphatic heterocycles. The molecule has 2 N–H and O–H groups in total. The van der Waals surface area contributed by atoms with Gasteiger partial charge in [0, 0.05) is 5.56 Å². The first-order valence-electron chi connectivity index (χ1n) is 5.41. The minimum atomic E-state index is -0.107. The highest BCUT2D eigenvalue weighted by Gasteiger charge is 2.04. The number of methoxy groups -OCH3 is 1. The van der Waals surface area contributed by atoms with Crippen LogP contribution < -0.4 is 9.47 Å². The van der Waals surface area contributed by atoms with Crippen LogP contribution in [0.3, 0.4) is 0 Å². The molecule has 96 valence electrons. The molecule has 17 heavy (non-hydrogen) atoms. The van der Waals surface area contributed by atoms with E-state index in [0.717, 1.165) is 0 Å². The van der Waals surface area contributed by atoms with Gasteiger partial charge in [0.25, 0.3) is 0 Å². The van der Waals surface area contributed by atoms with Crippen molar-refractivity contribution in [3.63, 3.8) is 0 Å². The van der Waals surface area contributed by atoms with Gasteiger partial charge in [-0.05, 0) is 18.2 Å². The summed E-state index contributed by atoms with van der Waals surface area (Å²) in [4.78, 5) is 0. The van der Waals surface area contributed by atoms with Crippen molar-refractivity contribution in [3.8, 4) is 11.5 Å². The summed E-state index contributed by atoms with van der Waals surface area (Å²) in [7, 11) is 1.57. The third-order valence-electron chi connectivity index (χ3n) is 2.16. The molecule has 0 aromatic heterocycles. The molecule has 1 aromatic rings. The van der Waals surface area contributed by atoms with Gasteiger partial charge in [0.15, 0.2) is 0 Å². The van der Waals surface area contributed by atoms with E-state index in [4.69, 9.17) is 19.3 Å². The number of hydrogen-bond acceptors (Lipinski definition) is 5. The standard InChI is InChI=1S/C12H18O5/c1-15-11-2-3-12(10(8-11)9-14)17-7-6-16-5-4-13/h2-3,8,13-14H,4-7,9H2,1H3. The minimum absolute atomic E-state index is 0.00439. The van der Waals surface area contributed by atoms with Crippen LogP contribution in [0.5, 0.6) is 11.5 Å². The third-order valence-corrected chi connectivity index (χ3v) is 2.16. The Bertz CT molecular complexity index is 327. The minimum Gasteiger partial charge on any atom is -0.497 e. The van der Waals surface area contributed by atoms with Gasteiger partial charge in [0.1, 0.15) is 18.1 Å². The van der Waals surface area contributed by atoms with Crippen LogP contribution in [0.25, 0.3) is 0 Å². The first-order chi connectivity index (χ1) is 8.31. The van der Waals surface area contributed by atoms with E-state index in [2.05, 4.69) is 0 Å². The Morgan fingerprint density at radius 2 is 1.94 bits per heavy atom. The lowest BCUT2D eigenvalue weighted by atomic mass is 10.2. The first kappa shape index (κ1) is 13.8. The maximum absolute atomic E-state index is 9.18. The highest BCUT2D eigenvalue weighted by atomic mass is 16.5. The number of ether oxygens (including phenoxy) is 3. The number of aliphatic hydroxyl groups excluding tert-OH is 2. The van der Waals surface area contributed by atoms with Crippen LogP contribution in [0.15, 0.2) is 18.2 Å². The SMILES string of the molecule is COc1ccc(OCCOCCO)c(CO)c1. The molecule has 0 aliphatic carbocycles. The monoisotopic (exact) mass is 242 g/mol. The smallest absolute Gasteiger partial charge is 0.125 e. The van der Waals surface area contributed by atoms with E-state index in [1.165, 1.54) is 0 Å². The second kappa shape index (κ2) is 7.89. The molecule has 0 unspecified atom stereocenters. The zero-order valence-electron chi connectivity index (χ0n) is 9.89. The quantitative estimate of drug-likeness (QED) is 0.652. The molecule has 0 amide bonds. The molecule has 0 radical (unpaired) electrons. The highest BCUT2D eigenvalue weighted by molar-refractivity contribution is 5.39. The van der Waals surface area contributed by atoms with Crippen molar-refractivity contribution < 1.29 is 24.4 Å². The molecule has 0 bridgehead atoms. The summed E-state index contributed by atoms with van der Waals surface area (Å²) in [6, 6.07) is 5.24. The Labute approximate surface area is 101 Å². The van der Waals surface area contributed by atoms with Gasteiger partial charge in [-0.2, -0.15) is 0 Å². The maximum Gasteiger partial charge on any atom is 0.125 e. The Kier molecular flexibility index (Phi) is 6.39. The van der Waals surface area contributed by atoms with Gasteiger partial charge in [-0.15, -0.1) is 0 Å². The predicted octanol–water partition coefficient (Wildman–Crippen LogP) is 0.575. The van der Waals surface area contributed by atoms with Crippen LogP contribution in [0.1, 0.15) is 5.56 Å². The summed E-state index contributed by atoms with van der Waals surface area (Å²) in [5, 5.41) is 17.7. The summed E-state index contributed by atoms with van der Waals surface area (Å²) in [5.74, 6) is 1.29. The van der Waals surface area contributed by atoms with Gasteiger partial charge in [-0.3, -0.25) is 0 Å². The van der Waals surface area contributed by atoms with E-state index < -0.39 is 0 Å². The van der Waals surface area contributed by atoms with Crippen LogP contribution >= 0.6 is 0 Å². The normalized spacial score (nSPS) is 10.3. The molecule has 0 spiro atoms. The van der Waals surface area contributed by atoms with Crippen molar-refractivity contribution in [1.82, 2.24) is 0 Å². The van der Waals surface area contributed by atoms with Gasteiger partial charge >= 0.3 is 0 Å². The number of hydrogen-bond donors (Lipinski definition) is 2. The Morgan fingerprint density at radius 1 is 1.12 bits per heavy atom. The van der Waals surface area contributed by atoms with Crippen molar-refractivity contribution in [3.05, 3.63) is 23.8 Å². The van der Waals surface area contributed by atoms with Gasteiger partial charge in [0.05, 0.1) is 33.5 Å². The van der Waals surface area contributed by atoms with Gasteiger partial charge in [-0.1, -0.05) is 0 Å². The molecular formula is C12H18O5. The summed E-state index contributed by atoms with van der Waals surface area (Å²) >= 11 is 0. The van der Waals surface area contributed by atoms with Gasteiger partial charge in [0.2, 0.25) is 0 Å². The van der Waals surface area contributed by atoms with Crippen LogP contribution in [-0.4, -0.2) is 43.8 Å². The first-order valence-corrected chi connectivity index (χ1v) is 5.41.